The summed E-state index contributed by atoms with van der Waals surface area (Å²) >= 11 is 0. The average Bonchev–Trinajstić information content (AvgIpc) is 3.02. The summed E-state index contributed by atoms with van der Waals surface area (Å²) in [4.78, 5) is 24.2. The van der Waals surface area contributed by atoms with Crippen LogP contribution < -0.4 is 15.5 Å². The third-order valence-electron chi connectivity index (χ3n) is 4.69. The first kappa shape index (κ1) is 20.9. The first-order valence-corrected chi connectivity index (χ1v) is 9.44. The summed E-state index contributed by atoms with van der Waals surface area (Å²) in [7, 11) is 1.49. The minimum Gasteiger partial charge on any atom is -0.495 e. The van der Waals surface area contributed by atoms with Gasteiger partial charge in [-0.2, -0.15) is 5.10 Å². The minimum atomic E-state index is -0.871. The molecule has 0 radical (unpaired) electrons. The summed E-state index contributed by atoms with van der Waals surface area (Å²) in [5.74, 6) is -1.24. The van der Waals surface area contributed by atoms with Gasteiger partial charge in [0, 0.05) is 22.6 Å². The van der Waals surface area contributed by atoms with E-state index >= 15 is 0 Å². The number of amides is 2. The van der Waals surface area contributed by atoms with Gasteiger partial charge in [-0.1, -0.05) is 29.8 Å². The van der Waals surface area contributed by atoms with E-state index in [4.69, 9.17) is 4.74 Å². The summed E-state index contributed by atoms with van der Waals surface area (Å²) in [5, 5.41) is 6.45. The molecule has 0 fully saturated rings. The second-order valence-electron chi connectivity index (χ2n) is 6.85. The lowest BCUT2D eigenvalue weighted by Crippen LogP contribution is -2.32. The molecule has 0 unspecified atom stereocenters. The Balaban J connectivity index is 1.68. The molecule has 0 saturated carbocycles. The molecule has 0 aliphatic carbocycles. The van der Waals surface area contributed by atoms with Crippen LogP contribution >= 0.6 is 0 Å². The van der Waals surface area contributed by atoms with E-state index in [2.05, 4.69) is 44.7 Å². The predicted molar refractivity (Wildman–Crippen MR) is 117 cm³/mol. The first-order chi connectivity index (χ1) is 14.4. The molecule has 7 nitrogen and oxygen atoms in total. The Labute approximate surface area is 175 Å². The fourth-order valence-corrected chi connectivity index (χ4v) is 3.15. The summed E-state index contributed by atoms with van der Waals surface area (Å²) in [6.45, 7) is 6.03. The van der Waals surface area contributed by atoms with Crippen molar-refractivity contribution in [3.63, 3.8) is 0 Å². The molecule has 0 atom stereocenters. The molecule has 1 aromatic heterocycles. The Hall–Kier alpha value is -3.87. The van der Waals surface area contributed by atoms with Gasteiger partial charge in [0.15, 0.2) is 0 Å². The maximum atomic E-state index is 12.1. The number of aryl methyl sites for hydroxylation is 2. The summed E-state index contributed by atoms with van der Waals surface area (Å²) < 4.78 is 7.26. The minimum absolute atomic E-state index is 0.408. The van der Waals surface area contributed by atoms with Crippen molar-refractivity contribution in [2.75, 3.05) is 12.4 Å². The van der Waals surface area contributed by atoms with Gasteiger partial charge >= 0.3 is 11.8 Å². The number of hydrogen-bond donors (Lipinski definition) is 2. The Bertz CT molecular complexity index is 1100. The third kappa shape index (κ3) is 4.57. The van der Waals surface area contributed by atoms with Crippen LogP contribution in [0.3, 0.4) is 0 Å². The summed E-state index contributed by atoms with van der Waals surface area (Å²) in [6, 6.07) is 17.0. The number of nitrogens with one attached hydrogen (secondary N) is 2. The second-order valence-corrected chi connectivity index (χ2v) is 6.85. The number of rotatable bonds is 5. The largest absolute Gasteiger partial charge is 0.495 e. The van der Waals surface area contributed by atoms with E-state index in [9.17, 15) is 9.59 Å². The van der Waals surface area contributed by atoms with Crippen molar-refractivity contribution >= 4 is 23.7 Å². The van der Waals surface area contributed by atoms with E-state index in [1.807, 2.05) is 26.8 Å². The van der Waals surface area contributed by atoms with E-state index in [0.717, 1.165) is 22.6 Å². The Kier molecular flexibility index (Phi) is 6.32. The number of carbonyl (C=O) groups excluding carboxylic acids is 2. The molecule has 0 aliphatic heterocycles. The number of nitrogens with zero attached hydrogens (tertiary/aromatic N) is 2. The van der Waals surface area contributed by atoms with Crippen LogP contribution in [0, 0.1) is 20.8 Å². The molecule has 0 spiro atoms. The maximum absolute atomic E-state index is 12.1. The lowest BCUT2D eigenvalue weighted by atomic mass is 10.2. The van der Waals surface area contributed by atoms with Gasteiger partial charge in [-0.05, 0) is 51.1 Å². The smallest absolute Gasteiger partial charge is 0.329 e. The molecule has 0 bridgehead atoms. The standard InChI is InChI=1S/C23H24N4O3/c1-15-9-11-19(12-10-15)27-16(2)13-18(17(27)3)14-24-26-23(29)22(28)25-20-7-5-6-8-21(20)30-4/h5-14H,1-4H3,(H,25,28)(H,26,29)/b24-14-. The zero-order chi connectivity index (χ0) is 21.7. The molecule has 154 valence electrons. The van der Waals surface area contributed by atoms with Gasteiger partial charge in [-0.15, -0.1) is 0 Å². The van der Waals surface area contributed by atoms with Crippen LogP contribution in [0.5, 0.6) is 5.75 Å². The Morgan fingerprint density at radius 1 is 1.00 bits per heavy atom. The van der Waals surface area contributed by atoms with Gasteiger partial charge < -0.3 is 14.6 Å². The lowest BCUT2D eigenvalue weighted by molar-refractivity contribution is -0.136. The van der Waals surface area contributed by atoms with Gasteiger partial charge in [-0.25, -0.2) is 5.43 Å². The normalized spacial score (nSPS) is 10.8. The second kappa shape index (κ2) is 9.09. The molecule has 2 N–H and O–H groups in total. The number of ether oxygens (including phenoxy) is 1. The van der Waals surface area contributed by atoms with Crippen molar-refractivity contribution in [1.29, 1.82) is 0 Å². The highest BCUT2D eigenvalue weighted by molar-refractivity contribution is 6.39. The van der Waals surface area contributed by atoms with Crippen molar-refractivity contribution in [3.05, 3.63) is 77.1 Å². The topological polar surface area (TPSA) is 84.7 Å². The Morgan fingerprint density at radius 2 is 1.70 bits per heavy atom. The molecule has 0 saturated heterocycles. The molecule has 2 aromatic carbocycles. The average molecular weight is 404 g/mol. The van der Waals surface area contributed by atoms with Gasteiger partial charge in [0.25, 0.3) is 0 Å². The number of hydrogen-bond acceptors (Lipinski definition) is 4. The van der Waals surface area contributed by atoms with Crippen LogP contribution in [-0.2, 0) is 9.59 Å². The van der Waals surface area contributed by atoms with Crippen LogP contribution in [0.4, 0.5) is 5.69 Å². The van der Waals surface area contributed by atoms with Crippen molar-refractivity contribution in [1.82, 2.24) is 9.99 Å². The Morgan fingerprint density at radius 3 is 2.40 bits per heavy atom. The fourth-order valence-electron chi connectivity index (χ4n) is 3.15. The number of para-hydroxylation sites is 2. The molecule has 3 aromatic rings. The van der Waals surface area contributed by atoms with Crippen LogP contribution in [0.25, 0.3) is 5.69 Å². The van der Waals surface area contributed by atoms with E-state index in [1.54, 1.807) is 24.3 Å². The van der Waals surface area contributed by atoms with Gasteiger partial charge in [-0.3, -0.25) is 9.59 Å². The maximum Gasteiger partial charge on any atom is 0.329 e. The first-order valence-electron chi connectivity index (χ1n) is 9.44. The van der Waals surface area contributed by atoms with Crippen molar-refractivity contribution in [2.45, 2.75) is 20.8 Å². The fraction of sp³-hybridized carbons (Fsp3) is 0.174. The number of hydrazone groups is 1. The van der Waals surface area contributed by atoms with Crippen LogP contribution in [-0.4, -0.2) is 29.7 Å². The third-order valence-corrected chi connectivity index (χ3v) is 4.69. The molecule has 30 heavy (non-hydrogen) atoms. The van der Waals surface area contributed by atoms with E-state index < -0.39 is 11.8 Å². The molecule has 2 amide bonds. The van der Waals surface area contributed by atoms with Crippen molar-refractivity contribution in [3.8, 4) is 11.4 Å². The highest BCUT2D eigenvalue weighted by Gasteiger charge is 2.15. The van der Waals surface area contributed by atoms with Crippen LogP contribution in [0.1, 0.15) is 22.5 Å². The number of aromatic nitrogens is 1. The van der Waals surface area contributed by atoms with Crippen LogP contribution in [0.15, 0.2) is 59.7 Å². The number of methoxy groups -OCH3 is 1. The molecule has 1 heterocycles. The van der Waals surface area contributed by atoms with E-state index in [0.29, 0.717) is 11.4 Å². The van der Waals surface area contributed by atoms with E-state index in [1.165, 1.54) is 18.9 Å². The zero-order valence-electron chi connectivity index (χ0n) is 17.4. The summed E-state index contributed by atoms with van der Waals surface area (Å²) in [6.07, 6.45) is 1.53. The number of anilines is 1. The summed E-state index contributed by atoms with van der Waals surface area (Å²) in [5.41, 5.74) is 7.78. The quantitative estimate of drug-likeness (QED) is 0.388. The van der Waals surface area contributed by atoms with Crippen LogP contribution in [0.2, 0.25) is 0 Å². The van der Waals surface area contributed by atoms with Crippen molar-refractivity contribution in [2.24, 2.45) is 5.10 Å². The van der Waals surface area contributed by atoms with Gasteiger partial charge in [0.1, 0.15) is 5.75 Å². The number of benzene rings is 2. The molecule has 3 rings (SSSR count). The van der Waals surface area contributed by atoms with Gasteiger partial charge in [0.2, 0.25) is 0 Å². The molecular weight excluding hydrogens is 380 g/mol. The van der Waals surface area contributed by atoms with Gasteiger partial charge in [0.05, 0.1) is 19.0 Å². The predicted octanol–water partition coefficient (Wildman–Crippen LogP) is 3.50. The van der Waals surface area contributed by atoms with E-state index in [-0.39, 0.29) is 0 Å². The highest BCUT2D eigenvalue weighted by Crippen LogP contribution is 2.23. The SMILES string of the molecule is COc1ccccc1NC(=O)C(=O)N/N=C\c1cc(C)n(-c2ccc(C)cc2)c1C. The molecule has 7 heteroatoms. The monoisotopic (exact) mass is 404 g/mol. The lowest BCUT2D eigenvalue weighted by Gasteiger charge is -2.10. The van der Waals surface area contributed by atoms with Crippen molar-refractivity contribution < 1.29 is 14.3 Å². The molecule has 0 aliphatic rings. The zero-order valence-corrected chi connectivity index (χ0v) is 17.4. The number of carbonyl (C=O) groups is 2. The highest BCUT2D eigenvalue weighted by atomic mass is 16.5. The molecular formula is C23H24N4O3.